The van der Waals surface area contributed by atoms with Crippen LogP contribution in [0, 0.1) is 0 Å². The number of rotatable bonds is 2. The van der Waals surface area contributed by atoms with E-state index in [4.69, 9.17) is 5.73 Å². The fourth-order valence-corrected chi connectivity index (χ4v) is 1.90. The Hall–Kier alpha value is -2.62. The molecule has 0 amide bonds. The van der Waals surface area contributed by atoms with Crippen molar-refractivity contribution in [1.29, 1.82) is 0 Å². The average Bonchev–Trinajstić information content (AvgIpc) is 2.42. The number of hydrogen-bond donors (Lipinski definition) is 2. The Kier molecular flexibility index (Phi) is 2.53. The molecular formula is C14H12N4. The minimum atomic E-state index is 0.489. The summed E-state index contributed by atoms with van der Waals surface area (Å²) < 4.78 is 0. The number of nitrogens with two attached hydrogens (primary N) is 1. The number of nitrogen functional groups attached to an aromatic ring is 1. The van der Waals surface area contributed by atoms with Gasteiger partial charge in [-0.1, -0.05) is 12.1 Å². The number of fused-ring (bicyclic) bond motifs is 1. The van der Waals surface area contributed by atoms with Crippen LogP contribution in [0.2, 0.25) is 0 Å². The highest BCUT2D eigenvalue weighted by molar-refractivity contribution is 5.95. The first-order chi connectivity index (χ1) is 8.84. The average molecular weight is 236 g/mol. The molecule has 2 aromatic heterocycles. The van der Waals surface area contributed by atoms with Crippen molar-refractivity contribution in [1.82, 2.24) is 9.97 Å². The van der Waals surface area contributed by atoms with Crippen LogP contribution in [0.25, 0.3) is 10.8 Å². The molecule has 0 bridgehead atoms. The molecule has 88 valence electrons. The van der Waals surface area contributed by atoms with Crippen molar-refractivity contribution < 1.29 is 0 Å². The third-order valence-electron chi connectivity index (χ3n) is 2.79. The van der Waals surface area contributed by atoms with Crippen LogP contribution in [0.1, 0.15) is 0 Å². The van der Waals surface area contributed by atoms with E-state index in [2.05, 4.69) is 15.3 Å². The Morgan fingerprint density at radius 1 is 0.944 bits per heavy atom. The number of pyridine rings is 2. The van der Waals surface area contributed by atoms with Crippen LogP contribution in [0.4, 0.5) is 17.2 Å². The quantitative estimate of drug-likeness (QED) is 0.718. The summed E-state index contributed by atoms with van der Waals surface area (Å²) in [5.41, 5.74) is 7.63. The molecule has 0 atom stereocenters. The molecule has 0 aliphatic carbocycles. The molecule has 0 aliphatic rings. The summed E-state index contributed by atoms with van der Waals surface area (Å²) in [7, 11) is 0. The minimum absolute atomic E-state index is 0.489. The number of benzene rings is 1. The third kappa shape index (κ3) is 1.84. The zero-order valence-corrected chi connectivity index (χ0v) is 9.67. The molecule has 3 N–H and O–H groups in total. The zero-order chi connectivity index (χ0) is 12.4. The predicted molar refractivity (Wildman–Crippen MR) is 73.7 cm³/mol. The molecule has 0 fully saturated rings. The van der Waals surface area contributed by atoms with E-state index < -0.39 is 0 Å². The minimum Gasteiger partial charge on any atom is -0.382 e. The lowest BCUT2D eigenvalue weighted by atomic mass is 10.1. The van der Waals surface area contributed by atoms with E-state index >= 15 is 0 Å². The van der Waals surface area contributed by atoms with Crippen molar-refractivity contribution in [2.45, 2.75) is 0 Å². The van der Waals surface area contributed by atoms with Crippen LogP contribution in [0.5, 0.6) is 0 Å². The first-order valence-electron chi connectivity index (χ1n) is 5.65. The summed E-state index contributed by atoms with van der Waals surface area (Å²) in [6.45, 7) is 0. The standard InChI is InChI=1S/C14H12N4/c15-14-13(5-2-7-17-14)18-12-4-1-3-10-9-16-8-6-11(10)12/h1-9,18H,(H2,15,17). The molecule has 2 heterocycles. The van der Waals surface area contributed by atoms with E-state index in [9.17, 15) is 0 Å². The summed E-state index contributed by atoms with van der Waals surface area (Å²) >= 11 is 0. The first-order valence-corrected chi connectivity index (χ1v) is 5.65. The van der Waals surface area contributed by atoms with Gasteiger partial charge in [-0.25, -0.2) is 4.98 Å². The van der Waals surface area contributed by atoms with E-state index in [-0.39, 0.29) is 0 Å². The van der Waals surface area contributed by atoms with Crippen molar-refractivity contribution in [2.24, 2.45) is 0 Å². The lowest BCUT2D eigenvalue weighted by Crippen LogP contribution is -1.98. The van der Waals surface area contributed by atoms with E-state index in [1.54, 1.807) is 12.4 Å². The first kappa shape index (κ1) is 10.5. The van der Waals surface area contributed by atoms with Gasteiger partial charge in [0.05, 0.1) is 5.69 Å². The summed E-state index contributed by atoms with van der Waals surface area (Å²) in [6, 6.07) is 11.8. The molecular weight excluding hydrogens is 224 g/mol. The summed E-state index contributed by atoms with van der Waals surface area (Å²) in [4.78, 5) is 8.17. The number of nitrogens with zero attached hydrogens (tertiary/aromatic N) is 2. The van der Waals surface area contributed by atoms with Gasteiger partial charge in [0.1, 0.15) is 5.82 Å². The molecule has 0 spiro atoms. The fraction of sp³-hybridized carbons (Fsp3) is 0. The number of nitrogens with one attached hydrogen (secondary N) is 1. The normalized spacial score (nSPS) is 10.4. The van der Waals surface area contributed by atoms with Gasteiger partial charge in [0.2, 0.25) is 0 Å². The topological polar surface area (TPSA) is 63.8 Å². The van der Waals surface area contributed by atoms with Gasteiger partial charge >= 0.3 is 0 Å². The van der Waals surface area contributed by atoms with Crippen LogP contribution >= 0.6 is 0 Å². The van der Waals surface area contributed by atoms with Crippen molar-refractivity contribution in [2.75, 3.05) is 11.1 Å². The number of anilines is 3. The number of hydrogen-bond acceptors (Lipinski definition) is 4. The van der Waals surface area contributed by atoms with Crippen LogP contribution in [0.15, 0.2) is 55.0 Å². The van der Waals surface area contributed by atoms with Crippen molar-refractivity contribution in [3.05, 3.63) is 55.0 Å². The Balaban J connectivity index is 2.08. The van der Waals surface area contributed by atoms with Crippen molar-refractivity contribution in [3.8, 4) is 0 Å². The monoisotopic (exact) mass is 236 g/mol. The van der Waals surface area contributed by atoms with Gasteiger partial charge in [-0.05, 0) is 24.3 Å². The Labute approximate surface area is 104 Å². The van der Waals surface area contributed by atoms with Gasteiger partial charge in [-0.3, -0.25) is 4.98 Å². The highest BCUT2D eigenvalue weighted by Crippen LogP contribution is 2.27. The maximum atomic E-state index is 5.83. The molecule has 1 aromatic carbocycles. The van der Waals surface area contributed by atoms with Crippen LogP contribution < -0.4 is 11.1 Å². The fourth-order valence-electron chi connectivity index (χ4n) is 1.90. The van der Waals surface area contributed by atoms with E-state index in [1.807, 2.05) is 42.6 Å². The molecule has 4 nitrogen and oxygen atoms in total. The Morgan fingerprint density at radius 2 is 1.83 bits per heavy atom. The molecule has 0 radical (unpaired) electrons. The van der Waals surface area contributed by atoms with E-state index in [0.717, 1.165) is 22.1 Å². The molecule has 3 aromatic rings. The maximum absolute atomic E-state index is 5.83. The maximum Gasteiger partial charge on any atom is 0.147 e. The predicted octanol–water partition coefficient (Wildman–Crippen LogP) is 2.96. The lowest BCUT2D eigenvalue weighted by Gasteiger charge is -2.10. The van der Waals surface area contributed by atoms with E-state index in [1.165, 1.54) is 0 Å². The molecule has 4 heteroatoms. The summed E-state index contributed by atoms with van der Waals surface area (Å²) in [6.07, 6.45) is 5.29. The van der Waals surface area contributed by atoms with Gasteiger partial charge in [0, 0.05) is 35.1 Å². The molecule has 18 heavy (non-hydrogen) atoms. The van der Waals surface area contributed by atoms with Gasteiger partial charge in [0.25, 0.3) is 0 Å². The smallest absolute Gasteiger partial charge is 0.147 e. The SMILES string of the molecule is Nc1ncccc1Nc1cccc2cnccc12. The number of aromatic nitrogens is 2. The largest absolute Gasteiger partial charge is 0.382 e. The summed E-state index contributed by atoms with van der Waals surface area (Å²) in [5, 5.41) is 5.50. The van der Waals surface area contributed by atoms with Gasteiger partial charge in [-0.15, -0.1) is 0 Å². The second kappa shape index (κ2) is 4.33. The molecule has 3 rings (SSSR count). The van der Waals surface area contributed by atoms with Crippen LogP contribution in [-0.2, 0) is 0 Å². The van der Waals surface area contributed by atoms with Gasteiger partial charge in [0.15, 0.2) is 0 Å². The van der Waals surface area contributed by atoms with Crippen LogP contribution in [0.3, 0.4) is 0 Å². The van der Waals surface area contributed by atoms with Gasteiger partial charge in [-0.2, -0.15) is 0 Å². The Morgan fingerprint density at radius 3 is 2.72 bits per heavy atom. The Bertz CT molecular complexity index is 689. The second-order valence-electron chi connectivity index (χ2n) is 3.96. The molecule has 0 aliphatic heterocycles. The van der Waals surface area contributed by atoms with Crippen molar-refractivity contribution in [3.63, 3.8) is 0 Å². The van der Waals surface area contributed by atoms with E-state index in [0.29, 0.717) is 5.82 Å². The molecule has 0 unspecified atom stereocenters. The molecule has 0 saturated heterocycles. The lowest BCUT2D eigenvalue weighted by molar-refractivity contribution is 1.33. The second-order valence-corrected chi connectivity index (χ2v) is 3.96. The third-order valence-corrected chi connectivity index (χ3v) is 2.79. The highest BCUT2D eigenvalue weighted by atomic mass is 15.0. The van der Waals surface area contributed by atoms with Gasteiger partial charge < -0.3 is 11.1 Å². The summed E-state index contributed by atoms with van der Waals surface area (Å²) in [5.74, 6) is 0.489. The van der Waals surface area contributed by atoms with Crippen LogP contribution in [-0.4, -0.2) is 9.97 Å². The van der Waals surface area contributed by atoms with Crippen molar-refractivity contribution >= 4 is 28.0 Å². The zero-order valence-electron chi connectivity index (χ0n) is 9.67. The molecule has 0 saturated carbocycles. The highest BCUT2D eigenvalue weighted by Gasteiger charge is 2.03.